The van der Waals surface area contributed by atoms with E-state index in [0.29, 0.717) is 49.0 Å². The van der Waals surface area contributed by atoms with E-state index in [1.807, 2.05) is 0 Å². The monoisotopic (exact) mass is 417 g/mol. The zero-order valence-corrected chi connectivity index (χ0v) is 17.8. The molecule has 0 unspecified atom stereocenters. The first-order chi connectivity index (χ1) is 14.7. The smallest absolute Gasteiger partial charge is 0.255 e. The molecule has 1 saturated heterocycles. The minimum absolute atomic E-state index is 0.0497. The van der Waals surface area contributed by atoms with Crippen molar-refractivity contribution in [2.45, 2.75) is 31.8 Å². The van der Waals surface area contributed by atoms with Crippen molar-refractivity contribution in [3.8, 4) is 23.3 Å². The summed E-state index contributed by atoms with van der Waals surface area (Å²) in [5, 5.41) is 11.8. The second kappa shape index (κ2) is 11.0. The van der Waals surface area contributed by atoms with E-state index >= 15 is 0 Å². The minimum Gasteiger partial charge on any atom is -0.493 e. The summed E-state index contributed by atoms with van der Waals surface area (Å²) in [5.74, 6) is 1.54. The number of carbonyl (C=O) groups excluding carboxylic acids is 1. The molecule has 8 heteroatoms. The molecule has 3 rings (SSSR count). The van der Waals surface area contributed by atoms with Crippen molar-refractivity contribution in [2.75, 3.05) is 53.6 Å². The van der Waals surface area contributed by atoms with Crippen LogP contribution in [0.3, 0.4) is 0 Å². The van der Waals surface area contributed by atoms with Gasteiger partial charge in [-0.25, -0.2) is 0 Å². The maximum absolute atomic E-state index is 12.9. The Morgan fingerprint density at radius 3 is 2.83 bits per heavy atom. The lowest BCUT2D eigenvalue weighted by molar-refractivity contribution is -0.0105. The Morgan fingerprint density at radius 2 is 2.10 bits per heavy atom. The summed E-state index contributed by atoms with van der Waals surface area (Å²) in [6.07, 6.45) is 3.19. The number of carbonyl (C=O) groups is 1. The third-order valence-corrected chi connectivity index (χ3v) is 5.69. The molecule has 1 amide bonds. The molecule has 1 aromatic carbocycles. The zero-order valence-electron chi connectivity index (χ0n) is 17.8. The first-order valence-electron chi connectivity index (χ1n) is 10.5. The van der Waals surface area contributed by atoms with Crippen molar-refractivity contribution >= 4 is 5.91 Å². The predicted octanol–water partition coefficient (Wildman–Crippen LogP) is 2.23. The number of unbranched alkanes of at least 4 members (excludes halogenated alkanes) is 1. The highest BCUT2D eigenvalue weighted by molar-refractivity contribution is 5.98. The van der Waals surface area contributed by atoms with Crippen LogP contribution >= 0.6 is 0 Å². The number of fused-ring (bicyclic) bond motifs is 1. The van der Waals surface area contributed by atoms with Gasteiger partial charge in [-0.15, -0.1) is 0 Å². The molecule has 2 aliphatic rings. The summed E-state index contributed by atoms with van der Waals surface area (Å²) in [6.45, 7) is 4.22. The first-order valence-corrected chi connectivity index (χ1v) is 10.5. The number of nitrogens with zero attached hydrogens (tertiary/aromatic N) is 2. The number of amides is 1. The van der Waals surface area contributed by atoms with E-state index in [1.165, 1.54) is 0 Å². The third kappa shape index (κ3) is 5.35. The third-order valence-electron chi connectivity index (χ3n) is 5.69. The maximum atomic E-state index is 12.9. The summed E-state index contributed by atoms with van der Waals surface area (Å²) in [6, 6.07) is 5.64. The fourth-order valence-corrected chi connectivity index (χ4v) is 4.00. The van der Waals surface area contributed by atoms with Gasteiger partial charge >= 0.3 is 0 Å². The highest BCUT2D eigenvalue weighted by Gasteiger charge is 2.30. The molecule has 1 fully saturated rings. The molecule has 30 heavy (non-hydrogen) atoms. The first kappa shape index (κ1) is 22.2. The van der Waals surface area contributed by atoms with Crippen LogP contribution in [0.5, 0.6) is 17.2 Å². The molecule has 1 N–H and O–H groups in total. The highest BCUT2D eigenvalue weighted by atomic mass is 16.5. The lowest BCUT2D eigenvalue weighted by Crippen LogP contribution is -2.48. The number of methoxy groups -OCH3 is 2. The molecule has 164 valence electrons. The quantitative estimate of drug-likeness (QED) is 0.648. The van der Waals surface area contributed by atoms with Gasteiger partial charge in [-0.3, -0.25) is 4.79 Å². The molecule has 8 nitrogen and oxygen atoms in total. The van der Waals surface area contributed by atoms with Gasteiger partial charge in [0, 0.05) is 39.0 Å². The van der Waals surface area contributed by atoms with E-state index in [4.69, 9.17) is 24.2 Å². The minimum atomic E-state index is -0.189. The number of piperidine rings is 1. The zero-order chi connectivity index (χ0) is 21.3. The predicted molar refractivity (Wildman–Crippen MR) is 111 cm³/mol. The van der Waals surface area contributed by atoms with Crippen LogP contribution < -0.4 is 19.5 Å². The van der Waals surface area contributed by atoms with Crippen LogP contribution in [0.2, 0.25) is 0 Å². The molecular formula is C22H31N3O5. The van der Waals surface area contributed by atoms with Gasteiger partial charge in [0.1, 0.15) is 0 Å². The van der Waals surface area contributed by atoms with Crippen molar-refractivity contribution in [1.29, 1.82) is 5.26 Å². The van der Waals surface area contributed by atoms with Gasteiger partial charge in [0.2, 0.25) is 5.75 Å². The molecule has 0 radical (unpaired) electrons. The molecule has 0 saturated carbocycles. The van der Waals surface area contributed by atoms with E-state index in [2.05, 4.69) is 16.3 Å². The van der Waals surface area contributed by atoms with Crippen LogP contribution in [0.25, 0.3) is 0 Å². The lowest BCUT2D eigenvalue weighted by Gasteiger charge is -2.37. The van der Waals surface area contributed by atoms with Gasteiger partial charge in [-0.2, -0.15) is 5.26 Å². The Labute approximate surface area is 178 Å². The molecule has 2 aliphatic heterocycles. The van der Waals surface area contributed by atoms with Crippen LogP contribution in [0.15, 0.2) is 12.1 Å². The van der Waals surface area contributed by atoms with Gasteiger partial charge in [-0.05, 0) is 38.1 Å². The Balaban J connectivity index is 1.61. The molecular weight excluding hydrogens is 386 g/mol. The maximum Gasteiger partial charge on any atom is 0.255 e. The summed E-state index contributed by atoms with van der Waals surface area (Å²) in [7, 11) is 3.29. The number of nitrogens with one attached hydrogen (secondary N) is 1. The number of benzene rings is 1. The van der Waals surface area contributed by atoms with E-state index in [1.54, 1.807) is 26.4 Å². The van der Waals surface area contributed by atoms with Crippen LogP contribution in [-0.4, -0.2) is 70.5 Å². The normalized spacial score (nSPS) is 21.4. The Kier molecular flexibility index (Phi) is 8.17. The van der Waals surface area contributed by atoms with E-state index in [-0.39, 0.29) is 17.9 Å². The summed E-state index contributed by atoms with van der Waals surface area (Å²) in [4.78, 5) is 15.3. The molecule has 2 atom stereocenters. The second-order valence-electron chi connectivity index (χ2n) is 7.62. The Morgan fingerprint density at radius 1 is 1.30 bits per heavy atom. The van der Waals surface area contributed by atoms with Crippen molar-refractivity contribution < 1.29 is 23.7 Å². The summed E-state index contributed by atoms with van der Waals surface area (Å²) >= 11 is 0. The number of hydrogen-bond acceptors (Lipinski definition) is 7. The number of nitriles is 1. The topological polar surface area (TPSA) is 93.1 Å². The van der Waals surface area contributed by atoms with Crippen molar-refractivity contribution in [2.24, 2.45) is 5.92 Å². The lowest BCUT2D eigenvalue weighted by atomic mass is 9.93. The van der Waals surface area contributed by atoms with E-state index < -0.39 is 0 Å². The van der Waals surface area contributed by atoms with Crippen LogP contribution in [-0.2, 0) is 4.74 Å². The largest absolute Gasteiger partial charge is 0.493 e. The van der Waals surface area contributed by atoms with Crippen molar-refractivity contribution in [1.82, 2.24) is 10.2 Å². The molecule has 0 aliphatic carbocycles. The molecule has 1 aromatic rings. The average Bonchev–Trinajstić information content (AvgIpc) is 3.03. The molecule has 2 heterocycles. The fourth-order valence-electron chi connectivity index (χ4n) is 4.00. The number of ether oxygens (including phenoxy) is 4. The van der Waals surface area contributed by atoms with Gasteiger partial charge in [-0.1, -0.05) is 0 Å². The van der Waals surface area contributed by atoms with E-state index in [9.17, 15) is 4.79 Å². The standard InChI is InChI=1S/C22H31N3O5/c1-27-18-7-6-17(20-21(18)30-13-5-12-29-20)22(26)24-14-16-8-11-25(10-4-3-9-23)15-19(16)28-2/h6-7,16,19H,3-5,8,10-15H2,1-2H3,(H,24,26)/t16-,19+/m0/s1. The van der Waals surface area contributed by atoms with Gasteiger partial charge in [0.25, 0.3) is 5.91 Å². The van der Waals surface area contributed by atoms with Crippen molar-refractivity contribution in [3.63, 3.8) is 0 Å². The van der Waals surface area contributed by atoms with Crippen LogP contribution in [0, 0.1) is 17.2 Å². The summed E-state index contributed by atoms with van der Waals surface area (Å²) in [5.41, 5.74) is 0.454. The molecule has 0 bridgehead atoms. The summed E-state index contributed by atoms with van der Waals surface area (Å²) < 4.78 is 22.6. The number of hydrogen-bond donors (Lipinski definition) is 1. The van der Waals surface area contributed by atoms with E-state index in [0.717, 1.165) is 38.9 Å². The molecule has 0 aromatic heterocycles. The van der Waals surface area contributed by atoms with Crippen LogP contribution in [0.1, 0.15) is 36.0 Å². The fraction of sp³-hybridized carbons (Fsp3) is 0.636. The highest BCUT2D eigenvalue weighted by Crippen LogP contribution is 2.41. The average molecular weight is 418 g/mol. The van der Waals surface area contributed by atoms with Gasteiger partial charge < -0.3 is 29.2 Å². The molecule has 0 spiro atoms. The Hall–Kier alpha value is -2.50. The number of rotatable bonds is 8. The number of likely N-dealkylation sites (tertiary alicyclic amines) is 1. The second-order valence-corrected chi connectivity index (χ2v) is 7.62. The van der Waals surface area contributed by atoms with Gasteiger partial charge in [0.05, 0.1) is 38.1 Å². The van der Waals surface area contributed by atoms with Crippen molar-refractivity contribution in [3.05, 3.63) is 17.7 Å². The Bertz CT molecular complexity index is 764. The van der Waals surface area contributed by atoms with Gasteiger partial charge in [0.15, 0.2) is 11.5 Å². The van der Waals surface area contributed by atoms with Crippen LogP contribution in [0.4, 0.5) is 0 Å². The SMILES string of the molecule is COc1ccc(C(=O)NC[C@@H]2CCN(CCCC#N)C[C@H]2OC)c2c1OCCCO2.